The Hall–Kier alpha value is -2.51. The van der Waals surface area contributed by atoms with Gasteiger partial charge in [0, 0.05) is 16.8 Å². The van der Waals surface area contributed by atoms with Crippen molar-refractivity contribution in [3.63, 3.8) is 0 Å². The standard InChI is InChI=1S/C20H21N3O2S2/c1-14-23-17(13-26-14)18-8-7-16(27-18)9-10-21-20(25)12-22-19(24)11-15-5-3-2-4-6-15/h2-8,13H,9-12H2,1H3,(H,21,25)(H,22,24). The van der Waals surface area contributed by atoms with Gasteiger partial charge in [-0.05, 0) is 31.0 Å². The topological polar surface area (TPSA) is 71.1 Å². The third kappa shape index (κ3) is 6.01. The van der Waals surface area contributed by atoms with Crippen molar-refractivity contribution in [1.29, 1.82) is 0 Å². The summed E-state index contributed by atoms with van der Waals surface area (Å²) in [5.41, 5.74) is 1.94. The Bertz CT molecular complexity index is 903. The number of hydrogen-bond donors (Lipinski definition) is 2. The van der Waals surface area contributed by atoms with E-state index in [4.69, 9.17) is 0 Å². The molecule has 2 aromatic heterocycles. The van der Waals surface area contributed by atoms with Crippen molar-refractivity contribution in [3.8, 4) is 10.6 Å². The van der Waals surface area contributed by atoms with Crippen molar-refractivity contribution in [1.82, 2.24) is 15.6 Å². The van der Waals surface area contributed by atoms with Crippen LogP contribution in [0.15, 0.2) is 47.8 Å². The third-order valence-electron chi connectivity index (χ3n) is 3.88. The number of benzene rings is 1. The number of amides is 2. The highest BCUT2D eigenvalue weighted by molar-refractivity contribution is 7.16. The maximum atomic E-state index is 11.9. The van der Waals surface area contributed by atoms with Gasteiger partial charge in [0.1, 0.15) is 0 Å². The lowest BCUT2D eigenvalue weighted by atomic mass is 10.1. The number of rotatable bonds is 8. The van der Waals surface area contributed by atoms with E-state index in [0.717, 1.165) is 27.6 Å². The summed E-state index contributed by atoms with van der Waals surface area (Å²) in [5.74, 6) is -0.332. The van der Waals surface area contributed by atoms with Crippen LogP contribution in [-0.2, 0) is 22.4 Å². The molecule has 27 heavy (non-hydrogen) atoms. The number of carbonyl (C=O) groups excluding carboxylic acids is 2. The normalized spacial score (nSPS) is 10.6. The van der Waals surface area contributed by atoms with E-state index >= 15 is 0 Å². The second-order valence-corrected chi connectivity index (χ2v) is 8.29. The molecule has 2 heterocycles. The molecular weight excluding hydrogens is 378 g/mol. The lowest BCUT2D eigenvalue weighted by Crippen LogP contribution is -2.38. The number of hydrogen-bond acceptors (Lipinski definition) is 5. The second-order valence-electron chi connectivity index (χ2n) is 6.06. The molecule has 7 heteroatoms. The summed E-state index contributed by atoms with van der Waals surface area (Å²) in [6, 6.07) is 13.6. The fourth-order valence-corrected chi connectivity index (χ4v) is 4.19. The molecule has 2 amide bonds. The number of nitrogens with zero attached hydrogens (tertiary/aromatic N) is 1. The number of carbonyl (C=O) groups is 2. The Balaban J connectivity index is 1.36. The summed E-state index contributed by atoms with van der Waals surface area (Å²) in [5, 5.41) is 8.61. The maximum absolute atomic E-state index is 11.9. The average Bonchev–Trinajstić information content (AvgIpc) is 3.30. The van der Waals surface area contributed by atoms with Crippen LogP contribution in [0.1, 0.15) is 15.4 Å². The molecular formula is C20H21N3O2S2. The van der Waals surface area contributed by atoms with Crippen LogP contribution >= 0.6 is 22.7 Å². The molecule has 3 rings (SSSR count). The van der Waals surface area contributed by atoms with Crippen LogP contribution in [0.4, 0.5) is 0 Å². The minimum absolute atomic E-state index is 0.000538. The molecule has 2 N–H and O–H groups in total. The van der Waals surface area contributed by atoms with E-state index in [0.29, 0.717) is 6.54 Å². The average molecular weight is 400 g/mol. The molecule has 0 fully saturated rings. The van der Waals surface area contributed by atoms with Crippen LogP contribution in [0.2, 0.25) is 0 Å². The Morgan fingerprint density at radius 2 is 1.85 bits per heavy atom. The first-order chi connectivity index (χ1) is 13.1. The van der Waals surface area contributed by atoms with Gasteiger partial charge >= 0.3 is 0 Å². The van der Waals surface area contributed by atoms with Gasteiger partial charge in [-0.1, -0.05) is 30.3 Å². The first-order valence-electron chi connectivity index (χ1n) is 8.68. The quantitative estimate of drug-likeness (QED) is 0.611. The SMILES string of the molecule is Cc1nc(-c2ccc(CCNC(=O)CNC(=O)Cc3ccccc3)s2)cs1. The summed E-state index contributed by atoms with van der Waals surface area (Å²) in [7, 11) is 0. The zero-order valence-electron chi connectivity index (χ0n) is 15.0. The zero-order valence-corrected chi connectivity index (χ0v) is 16.7. The van der Waals surface area contributed by atoms with Gasteiger partial charge in [-0.15, -0.1) is 22.7 Å². The number of nitrogens with one attached hydrogen (secondary N) is 2. The Kier molecular flexibility index (Phi) is 6.73. The first kappa shape index (κ1) is 19.3. The summed E-state index contributed by atoms with van der Waals surface area (Å²) in [6.45, 7) is 2.54. The Morgan fingerprint density at radius 3 is 2.59 bits per heavy atom. The smallest absolute Gasteiger partial charge is 0.239 e. The van der Waals surface area contributed by atoms with E-state index in [1.807, 2.05) is 37.3 Å². The highest BCUT2D eigenvalue weighted by Gasteiger charge is 2.08. The Labute approximate surface area is 166 Å². The fourth-order valence-electron chi connectivity index (χ4n) is 2.54. The highest BCUT2D eigenvalue weighted by atomic mass is 32.1. The van der Waals surface area contributed by atoms with Gasteiger partial charge in [0.2, 0.25) is 11.8 Å². The van der Waals surface area contributed by atoms with E-state index in [9.17, 15) is 9.59 Å². The molecule has 5 nitrogen and oxygen atoms in total. The molecule has 1 aromatic carbocycles. The van der Waals surface area contributed by atoms with Gasteiger partial charge in [-0.2, -0.15) is 0 Å². The van der Waals surface area contributed by atoms with Crippen LogP contribution in [0.3, 0.4) is 0 Å². The predicted octanol–water partition coefficient (Wildman–Crippen LogP) is 3.20. The molecule has 0 aliphatic heterocycles. The summed E-state index contributed by atoms with van der Waals surface area (Å²) in [6.07, 6.45) is 1.04. The van der Waals surface area contributed by atoms with Crippen molar-refractivity contribution in [2.75, 3.05) is 13.1 Å². The van der Waals surface area contributed by atoms with Gasteiger partial charge < -0.3 is 10.6 Å². The molecule has 140 valence electrons. The molecule has 0 saturated heterocycles. The number of thiazole rings is 1. The van der Waals surface area contributed by atoms with Crippen molar-refractivity contribution >= 4 is 34.5 Å². The lowest BCUT2D eigenvalue weighted by molar-refractivity contribution is -0.125. The largest absolute Gasteiger partial charge is 0.354 e. The summed E-state index contributed by atoms with van der Waals surface area (Å²) >= 11 is 3.34. The van der Waals surface area contributed by atoms with E-state index in [1.165, 1.54) is 4.88 Å². The van der Waals surface area contributed by atoms with E-state index in [2.05, 4.69) is 33.1 Å². The van der Waals surface area contributed by atoms with E-state index < -0.39 is 0 Å². The molecule has 0 saturated carbocycles. The molecule has 0 radical (unpaired) electrons. The van der Waals surface area contributed by atoms with E-state index in [1.54, 1.807) is 22.7 Å². The Morgan fingerprint density at radius 1 is 1.04 bits per heavy atom. The molecule has 0 aliphatic rings. The summed E-state index contributed by atoms with van der Waals surface area (Å²) in [4.78, 5) is 30.6. The molecule has 3 aromatic rings. The van der Waals surface area contributed by atoms with Crippen LogP contribution in [0.5, 0.6) is 0 Å². The molecule has 0 atom stereocenters. The fraction of sp³-hybridized carbons (Fsp3) is 0.250. The van der Waals surface area contributed by atoms with Crippen LogP contribution < -0.4 is 10.6 Å². The van der Waals surface area contributed by atoms with Crippen molar-refractivity contribution in [2.45, 2.75) is 19.8 Å². The lowest BCUT2D eigenvalue weighted by Gasteiger charge is -2.06. The predicted molar refractivity (Wildman–Crippen MR) is 110 cm³/mol. The van der Waals surface area contributed by atoms with Gasteiger partial charge in [-0.3, -0.25) is 9.59 Å². The molecule has 0 unspecified atom stereocenters. The first-order valence-corrected chi connectivity index (χ1v) is 10.4. The number of thiophene rings is 1. The van der Waals surface area contributed by atoms with Crippen LogP contribution in [0.25, 0.3) is 10.6 Å². The third-order valence-corrected chi connectivity index (χ3v) is 5.82. The zero-order chi connectivity index (χ0) is 19.1. The highest BCUT2D eigenvalue weighted by Crippen LogP contribution is 2.29. The van der Waals surface area contributed by atoms with Gasteiger partial charge in [0.05, 0.1) is 28.5 Å². The van der Waals surface area contributed by atoms with Crippen LogP contribution in [0, 0.1) is 6.92 Å². The van der Waals surface area contributed by atoms with Crippen LogP contribution in [-0.4, -0.2) is 29.9 Å². The van der Waals surface area contributed by atoms with Gasteiger partial charge in [0.25, 0.3) is 0 Å². The van der Waals surface area contributed by atoms with Gasteiger partial charge in [0.15, 0.2) is 0 Å². The monoisotopic (exact) mass is 399 g/mol. The minimum Gasteiger partial charge on any atom is -0.354 e. The van der Waals surface area contributed by atoms with Crippen molar-refractivity contribution in [3.05, 3.63) is 63.3 Å². The molecule has 0 bridgehead atoms. The molecule has 0 spiro atoms. The molecule has 0 aliphatic carbocycles. The summed E-state index contributed by atoms with van der Waals surface area (Å²) < 4.78 is 0. The number of aromatic nitrogens is 1. The second kappa shape index (κ2) is 9.43. The van der Waals surface area contributed by atoms with E-state index in [-0.39, 0.29) is 24.8 Å². The maximum Gasteiger partial charge on any atom is 0.239 e. The minimum atomic E-state index is -0.177. The van der Waals surface area contributed by atoms with Crippen molar-refractivity contribution < 1.29 is 9.59 Å². The van der Waals surface area contributed by atoms with Gasteiger partial charge in [-0.25, -0.2) is 4.98 Å². The number of aryl methyl sites for hydroxylation is 1. The van der Waals surface area contributed by atoms with Crippen molar-refractivity contribution in [2.24, 2.45) is 0 Å².